The Hall–Kier alpha value is -1.60. The molecule has 0 aromatic heterocycles. The molecule has 116 valence electrons. The minimum absolute atomic E-state index is 0.0383. The molecule has 1 amide bonds. The number of amides is 1. The SMILES string of the molecule is CCOC(=O)CN(CCOC)C(=O)c1ccc(Br)c(O)c1. The van der Waals surface area contributed by atoms with E-state index in [-0.39, 0.29) is 36.9 Å². The van der Waals surface area contributed by atoms with Crippen LogP contribution >= 0.6 is 15.9 Å². The van der Waals surface area contributed by atoms with E-state index < -0.39 is 5.97 Å². The van der Waals surface area contributed by atoms with Gasteiger partial charge in [-0.05, 0) is 41.1 Å². The van der Waals surface area contributed by atoms with Gasteiger partial charge in [0, 0.05) is 19.2 Å². The van der Waals surface area contributed by atoms with Gasteiger partial charge in [0.2, 0.25) is 0 Å². The fourth-order valence-corrected chi connectivity index (χ4v) is 1.89. The molecule has 0 fully saturated rings. The zero-order valence-corrected chi connectivity index (χ0v) is 13.6. The minimum Gasteiger partial charge on any atom is -0.507 e. The molecule has 0 unspecified atom stereocenters. The van der Waals surface area contributed by atoms with E-state index in [9.17, 15) is 14.7 Å². The summed E-state index contributed by atoms with van der Waals surface area (Å²) in [5, 5.41) is 9.64. The molecule has 0 aliphatic rings. The van der Waals surface area contributed by atoms with Gasteiger partial charge in [-0.1, -0.05) is 0 Å². The molecule has 0 bridgehead atoms. The van der Waals surface area contributed by atoms with Crippen molar-refractivity contribution < 1.29 is 24.2 Å². The maximum Gasteiger partial charge on any atom is 0.325 e. The Labute approximate surface area is 131 Å². The number of phenolic OH excluding ortho intramolecular Hbond substituents is 1. The highest BCUT2D eigenvalue weighted by Gasteiger charge is 2.20. The maximum absolute atomic E-state index is 12.4. The molecule has 0 spiro atoms. The molecule has 0 aliphatic carbocycles. The third-order valence-electron chi connectivity index (χ3n) is 2.67. The van der Waals surface area contributed by atoms with Crippen LogP contribution in [0.2, 0.25) is 0 Å². The first-order valence-electron chi connectivity index (χ1n) is 6.42. The largest absolute Gasteiger partial charge is 0.507 e. The Kier molecular flexibility index (Phi) is 7.18. The molecular weight excluding hydrogens is 342 g/mol. The minimum atomic E-state index is -0.483. The van der Waals surface area contributed by atoms with Gasteiger partial charge in [-0.3, -0.25) is 9.59 Å². The number of ether oxygens (including phenoxy) is 2. The summed E-state index contributed by atoms with van der Waals surface area (Å²) in [5.41, 5.74) is 0.288. The molecule has 1 aromatic carbocycles. The summed E-state index contributed by atoms with van der Waals surface area (Å²) < 4.78 is 10.3. The van der Waals surface area contributed by atoms with Crippen LogP contribution in [0.15, 0.2) is 22.7 Å². The zero-order chi connectivity index (χ0) is 15.8. The van der Waals surface area contributed by atoms with Gasteiger partial charge in [-0.2, -0.15) is 0 Å². The Bertz CT molecular complexity index is 506. The molecule has 0 saturated carbocycles. The van der Waals surface area contributed by atoms with Crippen LogP contribution in [0.5, 0.6) is 5.75 Å². The molecular formula is C14H18BrNO5. The summed E-state index contributed by atoms with van der Waals surface area (Å²) in [5.74, 6) is -0.894. The molecule has 0 atom stereocenters. The van der Waals surface area contributed by atoms with E-state index in [1.165, 1.54) is 18.1 Å². The number of halogens is 1. The first-order chi connectivity index (χ1) is 9.99. The molecule has 1 rings (SSSR count). The van der Waals surface area contributed by atoms with E-state index in [0.717, 1.165) is 0 Å². The van der Waals surface area contributed by atoms with Gasteiger partial charge in [0.05, 0.1) is 17.7 Å². The van der Waals surface area contributed by atoms with Crippen LogP contribution in [0, 0.1) is 0 Å². The molecule has 21 heavy (non-hydrogen) atoms. The maximum atomic E-state index is 12.4. The number of esters is 1. The molecule has 7 heteroatoms. The molecule has 1 N–H and O–H groups in total. The van der Waals surface area contributed by atoms with Gasteiger partial charge in [0.1, 0.15) is 12.3 Å². The number of benzene rings is 1. The van der Waals surface area contributed by atoms with Gasteiger partial charge in [-0.15, -0.1) is 0 Å². The smallest absolute Gasteiger partial charge is 0.325 e. The molecule has 0 saturated heterocycles. The fourth-order valence-electron chi connectivity index (χ4n) is 1.64. The summed E-state index contributed by atoms with van der Waals surface area (Å²) in [6.45, 7) is 2.35. The van der Waals surface area contributed by atoms with Gasteiger partial charge in [0.25, 0.3) is 5.91 Å². The monoisotopic (exact) mass is 359 g/mol. The van der Waals surface area contributed by atoms with Crippen LogP contribution < -0.4 is 0 Å². The Morgan fingerprint density at radius 1 is 1.38 bits per heavy atom. The Morgan fingerprint density at radius 3 is 2.67 bits per heavy atom. The van der Waals surface area contributed by atoms with E-state index >= 15 is 0 Å². The van der Waals surface area contributed by atoms with Crippen molar-refractivity contribution in [2.75, 3.05) is 33.4 Å². The van der Waals surface area contributed by atoms with Crippen molar-refractivity contribution in [3.05, 3.63) is 28.2 Å². The van der Waals surface area contributed by atoms with E-state index in [2.05, 4.69) is 15.9 Å². The van der Waals surface area contributed by atoms with Gasteiger partial charge in [0.15, 0.2) is 0 Å². The first-order valence-corrected chi connectivity index (χ1v) is 7.21. The second-order valence-electron chi connectivity index (χ2n) is 4.19. The third kappa shape index (κ3) is 5.35. The number of phenols is 1. The number of methoxy groups -OCH3 is 1. The quantitative estimate of drug-likeness (QED) is 0.751. The van der Waals surface area contributed by atoms with Crippen LogP contribution in [-0.4, -0.2) is 55.3 Å². The molecule has 0 aliphatic heterocycles. The molecule has 6 nitrogen and oxygen atoms in total. The van der Waals surface area contributed by atoms with Crippen molar-refractivity contribution in [3.8, 4) is 5.75 Å². The van der Waals surface area contributed by atoms with Crippen LogP contribution in [0.3, 0.4) is 0 Å². The van der Waals surface area contributed by atoms with Crippen molar-refractivity contribution in [1.29, 1.82) is 0 Å². The standard InChI is InChI=1S/C14H18BrNO5/c1-3-21-13(18)9-16(6-7-20-2)14(19)10-4-5-11(15)12(17)8-10/h4-5,8,17H,3,6-7,9H2,1-2H3. The van der Waals surface area contributed by atoms with E-state index in [1.807, 2.05) is 0 Å². The lowest BCUT2D eigenvalue weighted by Crippen LogP contribution is -2.38. The zero-order valence-electron chi connectivity index (χ0n) is 12.0. The topological polar surface area (TPSA) is 76.1 Å². The number of carbonyl (C=O) groups excluding carboxylic acids is 2. The van der Waals surface area contributed by atoms with Crippen molar-refractivity contribution in [2.24, 2.45) is 0 Å². The predicted octanol–water partition coefficient (Wildman–Crippen LogP) is 1.81. The normalized spacial score (nSPS) is 10.2. The highest BCUT2D eigenvalue weighted by atomic mass is 79.9. The van der Waals surface area contributed by atoms with Gasteiger partial charge >= 0.3 is 5.97 Å². The highest BCUT2D eigenvalue weighted by Crippen LogP contribution is 2.24. The van der Waals surface area contributed by atoms with E-state index in [0.29, 0.717) is 11.1 Å². The number of carbonyl (C=O) groups is 2. The lowest BCUT2D eigenvalue weighted by molar-refractivity contribution is -0.143. The Morgan fingerprint density at radius 2 is 2.10 bits per heavy atom. The predicted molar refractivity (Wildman–Crippen MR) is 80.2 cm³/mol. The Balaban J connectivity index is 2.87. The van der Waals surface area contributed by atoms with Crippen LogP contribution in [-0.2, 0) is 14.3 Å². The number of nitrogens with zero attached hydrogens (tertiary/aromatic N) is 1. The molecule has 0 radical (unpaired) electrons. The number of aromatic hydroxyl groups is 1. The fraction of sp³-hybridized carbons (Fsp3) is 0.429. The van der Waals surface area contributed by atoms with Crippen LogP contribution in [0.1, 0.15) is 17.3 Å². The average Bonchev–Trinajstić information content (AvgIpc) is 2.46. The van der Waals surface area contributed by atoms with Crippen LogP contribution in [0.25, 0.3) is 0 Å². The van der Waals surface area contributed by atoms with Crippen molar-refractivity contribution in [2.45, 2.75) is 6.92 Å². The molecule has 1 aromatic rings. The second kappa shape index (κ2) is 8.63. The lowest BCUT2D eigenvalue weighted by Gasteiger charge is -2.21. The lowest BCUT2D eigenvalue weighted by atomic mass is 10.2. The molecule has 0 heterocycles. The summed E-state index contributed by atoms with van der Waals surface area (Å²) >= 11 is 3.15. The summed E-state index contributed by atoms with van der Waals surface area (Å²) in [6.07, 6.45) is 0. The van der Waals surface area contributed by atoms with Crippen molar-refractivity contribution in [1.82, 2.24) is 4.90 Å². The number of rotatable bonds is 7. The summed E-state index contributed by atoms with van der Waals surface area (Å²) in [6, 6.07) is 4.48. The van der Waals surface area contributed by atoms with Crippen LogP contribution in [0.4, 0.5) is 0 Å². The van der Waals surface area contributed by atoms with Gasteiger partial charge in [-0.25, -0.2) is 0 Å². The third-order valence-corrected chi connectivity index (χ3v) is 3.34. The van der Waals surface area contributed by atoms with Crippen molar-refractivity contribution >= 4 is 27.8 Å². The first kappa shape index (κ1) is 17.5. The average molecular weight is 360 g/mol. The highest BCUT2D eigenvalue weighted by molar-refractivity contribution is 9.10. The van der Waals surface area contributed by atoms with E-state index in [4.69, 9.17) is 9.47 Å². The van der Waals surface area contributed by atoms with Gasteiger partial charge < -0.3 is 19.5 Å². The number of hydrogen-bond donors (Lipinski definition) is 1. The summed E-state index contributed by atoms with van der Waals surface area (Å²) in [4.78, 5) is 25.3. The summed E-state index contributed by atoms with van der Waals surface area (Å²) in [7, 11) is 1.51. The second-order valence-corrected chi connectivity index (χ2v) is 5.05. The van der Waals surface area contributed by atoms with E-state index in [1.54, 1.807) is 19.1 Å². The number of hydrogen-bond acceptors (Lipinski definition) is 5. The van der Waals surface area contributed by atoms with Crippen molar-refractivity contribution in [3.63, 3.8) is 0 Å².